The third-order valence-corrected chi connectivity index (χ3v) is 2.04. The van der Waals surface area contributed by atoms with Crippen molar-refractivity contribution in [1.82, 2.24) is 0 Å². The molecule has 4 heteroatoms. The summed E-state index contributed by atoms with van der Waals surface area (Å²) in [6.45, 7) is 2.81. The minimum atomic E-state index is -0.480. The van der Waals surface area contributed by atoms with Crippen molar-refractivity contribution in [2.24, 2.45) is 0 Å². The summed E-state index contributed by atoms with van der Waals surface area (Å²) in [5.74, 6) is 0.798. The molecule has 86 valence electrons. The number of rotatable bonds is 6. The highest BCUT2D eigenvalue weighted by atomic mass is 16.6. The van der Waals surface area contributed by atoms with Crippen molar-refractivity contribution < 1.29 is 9.66 Å². The van der Waals surface area contributed by atoms with Gasteiger partial charge >= 0.3 is 0 Å². The molecule has 1 aromatic rings. The van der Waals surface area contributed by atoms with E-state index in [9.17, 15) is 10.1 Å². The third kappa shape index (κ3) is 4.59. The fourth-order valence-electron chi connectivity index (χ4n) is 1.16. The van der Waals surface area contributed by atoms with Crippen molar-refractivity contribution in [3.05, 3.63) is 46.1 Å². The van der Waals surface area contributed by atoms with Crippen LogP contribution in [0.3, 0.4) is 0 Å². The molecule has 1 rings (SSSR count). The van der Waals surface area contributed by atoms with Crippen molar-refractivity contribution in [3.8, 4) is 5.75 Å². The first-order valence-corrected chi connectivity index (χ1v) is 5.27. The molecule has 0 atom stereocenters. The molecule has 1 aromatic carbocycles. The molecule has 0 N–H and O–H groups in total. The quantitative estimate of drug-likeness (QED) is 0.421. The first kappa shape index (κ1) is 12.2. The fraction of sp³-hybridized carbons (Fsp3) is 0.333. The second-order valence-corrected chi connectivity index (χ2v) is 3.37. The SMILES string of the molecule is CCCCOc1ccc(/C=C/[N+](=O)[O-])cc1. The predicted molar refractivity (Wildman–Crippen MR) is 62.9 cm³/mol. The van der Waals surface area contributed by atoms with Crippen LogP contribution in [0.15, 0.2) is 30.5 Å². The molecular formula is C12H15NO3. The normalized spacial score (nSPS) is 10.6. The van der Waals surface area contributed by atoms with Crippen LogP contribution in [0.5, 0.6) is 5.75 Å². The van der Waals surface area contributed by atoms with Gasteiger partial charge in [-0.25, -0.2) is 0 Å². The van der Waals surface area contributed by atoms with Gasteiger partial charge in [0.25, 0.3) is 0 Å². The standard InChI is InChI=1S/C12H15NO3/c1-2-3-10-16-12-6-4-11(5-7-12)8-9-13(14)15/h4-9H,2-3,10H2,1H3/b9-8+. The van der Waals surface area contributed by atoms with E-state index in [1.165, 1.54) is 6.08 Å². The van der Waals surface area contributed by atoms with E-state index < -0.39 is 4.92 Å². The lowest BCUT2D eigenvalue weighted by atomic mass is 10.2. The average Bonchev–Trinajstić information content (AvgIpc) is 2.28. The van der Waals surface area contributed by atoms with Gasteiger partial charge in [-0.3, -0.25) is 10.1 Å². The lowest BCUT2D eigenvalue weighted by Crippen LogP contribution is -1.95. The Morgan fingerprint density at radius 1 is 1.38 bits per heavy atom. The van der Waals surface area contributed by atoms with Crippen LogP contribution in [0.25, 0.3) is 6.08 Å². The Balaban J connectivity index is 2.51. The van der Waals surface area contributed by atoms with E-state index in [0.29, 0.717) is 6.61 Å². The summed E-state index contributed by atoms with van der Waals surface area (Å²) in [6.07, 6.45) is 4.51. The molecule has 0 unspecified atom stereocenters. The van der Waals surface area contributed by atoms with Crippen LogP contribution in [-0.2, 0) is 0 Å². The van der Waals surface area contributed by atoms with Gasteiger partial charge in [-0.2, -0.15) is 0 Å². The molecule has 16 heavy (non-hydrogen) atoms. The molecule has 4 nitrogen and oxygen atoms in total. The molecule has 0 aliphatic rings. The number of unbranched alkanes of at least 4 members (excludes halogenated alkanes) is 1. The number of hydrogen-bond acceptors (Lipinski definition) is 3. The highest BCUT2D eigenvalue weighted by molar-refractivity contribution is 5.49. The largest absolute Gasteiger partial charge is 0.494 e. The molecule has 0 spiro atoms. The highest BCUT2D eigenvalue weighted by Crippen LogP contribution is 2.13. The Kier molecular flexibility index (Phi) is 5.05. The van der Waals surface area contributed by atoms with E-state index in [1.807, 2.05) is 12.1 Å². The van der Waals surface area contributed by atoms with Crippen LogP contribution in [0.1, 0.15) is 25.3 Å². The van der Waals surface area contributed by atoms with Crippen LogP contribution < -0.4 is 4.74 Å². The summed E-state index contributed by atoms with van der Waals surface area (Å²) < 4.78 is 5.47. The predicted octanol–water partition coefficient (Wildman–Crippen LogP) is 3.11. The molecule has 0 aromatic heterocycles. The average molecular weight is 221 g/mol. The summed E-state index contributed by atoms with van der Waals surface area (Å²) in [4.78, 5) is 9.63. The van der Waals surface area contributed by atoms with Crippen LogP contribution in [-0.4, -0.2) is 11.5 Å². The van der Waals surface area contributed by atoms with Crippen LogP contribution >= 0.6 is 0 Å². The van der Waals surface area contributed by atoms with E-state index in [2.05, 4.69) is 6.92 Å². The Morgan fingerprint density at radius 2 is 2.06 bits per heavy atom. The zero-order valence-corrected chi connectivity index (χ0v) is 9.26. The van der Waals surface area contributed by atoms with Crippen molar-refractivity contribution in [2.75, 3.05) is 6.61 Å². The van der Waals surface area contributed by atoms with Crippen molar-refractivity contribution in [2.45, 2.75) is 19.8 Å². The van der Waals surface area contributed by atoms with Gasteiger partial charge in [0, 0.05) is 6.08 Å². The zero-order valence-electron chi connectivity index (χ0n) is 9.26. The lowest BCUT2D eigenvalue weighted by Gasteiger charge is -2.04. The second-order valence-electron chi connectivity index (χ2n) is 3.37. The molecule has 0 heterocycles. The van der Waals surface area contributed by atoms with Gasteiger partial charge in [0.2, 0.25) is 6.20 Å². The minimum absolute atomic E-state index is 0.480. The van der Waals surface area contributed by atoms with Gasteiger partial charge < -0.3 is 4.74 Å². The lowest BCUT2D eigenvalue weighted by molar-refractivity contribution is -0.400. The molecule has 0 aliphatic carbocycles. The highest BCUT2D eigenvalue weighted by Gasteiger charge is 1.94. The molecule has 0 aliphatic heterocycles. The van der Waals surface area contributed by atoms with Crippen LogP contribution in [0.4, 0.5) is 0 Å². The summed E-state index contributed by atoms with van der Waals surface area (Å²) in [7, 11) is 0. The van der Waals surface area contributed by atoms with E-state index in [4.69, 9.17) is 4.74 Å². The smallest absolute Gasteiger partial charge is 0.235 e. The Bertz CT molecular complexity index is 357. The topological polar surface area (TPSA) is 52.4 Å². The molecule has 0 saturated carbocycles. The van der Waals surface area contributed by atoms with E-state index in [1.54, 1.807) is 12.1 Å². The number of nitro groups is 1. The summed E-state index contributed by atoms with van der Waals surface area (Å²) in [5, 5.41) is 10.1. The third-order valence-electron chi connectivity index (χ3n) is 2.04. The molecule has 0 bridgehead atoms. The van der Waals surface area contributed by atoms with Crippen molar-refractivity contribution in [3.63, 3.8) is 0 Å². The first-order valence-electron chi connectivity index (χ1n) is 5.27. The monoisotopic (exact) mass is 221 g/mol. The molecular weight excluding hydrogens is 206 g/mol. The maximum atomic E-state index is 10.1. The van der Waals surface area contributed by atoms with Crippen molar-refractivity contribution >= 4 is 6.08 Å². The van der Waals surface area contributed by atoms with E-state index in [0.717, 1.165) is 30.4 Å². The number of benzene rings is 1. The number of nitrogens with zero attached hydrogens (tertiary/aromatic N) is 1. The summed E-state index contributed by atoms with van der Waals surface area (Å²) in [5.41, 5.74) is 0.791. The molecule has 0 amide bonds. The molecule has 0 saturated heterocycles. The summed E-state index contributed by atoms with van der Waals surface area (Å²) in [6, 6.07) is 7.22. The maximum Gasteiger partial charge on any atom is 0.235 e. The number of hydrogen-bond donors (Lipinski definition) is 0. The van der Waals surface area contributed by atoms with Gasteiger partial charge in [-0.1, -0.05) is 25.5 Å². The van der Waals surface area contributed by atoms with Gasteiger partial charge in [-0.15, -0.1) is 0 Å². The summed E-state index contributed by atoms with van der Waals surface area (Å²) >= 11 is 0. The molecule has 0 fully saturated rings. The van der Waals surface area contributed by atoms with E-state index in [-0.39, 0.29) is 0 Å². The second kappa shape index (κ2) is 6.61. The Hall–Kier alpha value is -1.84. The maximum absolute atomic E-state index is 10.1. The zero-order chi connectivity index (χ0) is 11.8. The Morgan fingerprint density at radius 3 is 2.62 bits per heavy atom. The van der Waals surface area contributed by atoms with Gasteiger partial charge in [-0.05, 0) is 24.1 Å². The number of ether oxygens (including phenoxy) is 1. The van der Waals surface area contributed by atoms with Crippen LogP contribution in [0.2, 0.25) is 0 Å². The van der Waals surface area contributed by atoms with E-state index >= 15 is 0 Å². The van der Waals surface area contributed by atoms with Gasteiger partial charge in [0.05, 0.1) is 11.5 Å². The fourth-order valence-corrected chi connectivity index (χ4v) is 1.16. The van der Waals surface area contributed by atoms with Gasteiger partial charge in [0.1, 0.15) is 5.75 Å². The molecule has 0 radical (unpaired) electrons. The first-order chi connectivity index (χ1) is 7.72. The Labute approximate surface area is 94.7 Å². The van der Waals surface area contributed by atoms with Crippen molar-refractivity contribution in [1.29, 1.82) is 0 Å². The minimum Gasteiger partial charge on any atom is -0.494 e. The van der Waals surface area contributed by atoms with Gasteiger partial charge in [0.15, 0.2) is 0 Å². The van der Waals surface area contributed by atoms with Crippen LogP contribution in [0, 0.1) is 10.1 Å².